The summed E-state index contributed by atoms with van der Waals surface area (Å²) >= 11 is 0. The molecule has 0 radical (unpaired) electrons. The minimum absolute atomic E-state index is 0.829. The Hall–Kier alpha value is -5.02. The van der Waals surface area contributed by atoms with Gasteiger partial charge in [0.15, 0.2) is 0 Å². The molecule has 0 heterocycles. The molecule has 0 aliphatic heterocycles. The van der Waals surface area contributed by atoms with Crippen LogP contribution in [0.2, 0.25) is 0 Å². The molecular weight excluding hydrogens is 478 g/mol. The van der Waals surface area contributed by atoms with Gasteiger partial charge in [-0.3, -0.25) is 0 Å². The highest BCUT2D eigenvalue weighted by Crippen LogP contribution is 2.36. The molecule has 0 N–H and O–H groups in total. The highest BCUT2D eigenvalue weighted by Gasteiger charge is 2.13. The summed E-state index contributed by atoms with van der Waals surface area (Å²) in [6, 6.07) is 44.3. The first-order chi connectivity index (χ1) is 19.2. The van der Waals surface area contributed by atoms with Gasteiger partial charge in [-0.1, -0.05) is 72.8 Å². The van der Waals surface area contributed by atoms with E-state index >= 15 is 0 Å². The van der Waals surface area contributed by atoms with Crippen molar-refractivity contribution >= 4 is 50.8 Å². The van der Waals surface area contributed by atoms with Gasteiger partial charge < -0.3 is 14.4 Å². The molecule has 0 fully saturated rings. The van der Waals surface area contributed by atoms with Crippen LogP contribution in [0.4, 0.5) is 17.1 Å². The van der Waals surface area contributed by atoms with Crippen molar-refractivity contribution < 1.29 is 9.47 Å². The van der Waals surface area contributed by atoms with E-state index in [-0.39, 0.29) is 0 Å². The van der Waals surface area contributed by atoms with E-state index in [0.717, 1.165) is 34.1 Å². The zero-order valence-corrected chi connectivity index (χ0v) is 22.0. The topological polar surface area (TPSA) is 21.7 Å². The molecule has 39 heavy (non-hydrogen) atoms. The van der Waals surface area contributed by atoms with Crippen LogP contribution in [0.5, 0.6) is 11.5 Å². The molecule has 6 aromatic rings. The van der Waals surface area contributed by atoms with Crippen molar-refractivity contribution in [2.45, 2.75) is 0 Å². The van der Waals surface area contributed by atoms with Crippen LogP contribution in [0, 0.1) is 0 Å². The lowest BCUT2D eigenvalue weighted by atomic mass is 9.96. The van der Waals surface area contributed by atoms with Gasteiger partial charge >= 0.3 is 0 Å². The molecule has 190 valence electrons. The Bertz CT molecular complexity index is 1700. The fourth-order valence-corrected chi connectivity index (χ4v) is 5.05. The van der Waals surface area contributed by atoms with Crippen LogP contribution in [0.25, 0.3) is 33.7 Å². The average Bonchev–Trinajstić information content (AvgIpc) is 3.01. The number of benzene rings is 6. The quantitative estimate of drug-likeness (QED) is 0.159. The number of fused-ring (bicyclic) bond motifs is 3. The van der Waals surface area contributed by atoms with Crippen LogP contribution in [-0.2, 0) is 0 Å². The second kappa shape index (κ2) is 10.8. The number of rotatable bonds is 7. The zero-order chi connectivity index (χ0) is 26.6. The van der Waals surface area contributed by atoms with Gasteiger partial charge in [0, 0.05) is 17.1 Å². The van der Waals surface area contributed by atoms with Crippen molar-refractivity contribution in [2.75, 3.05) is 19.1 Å². The van der Waals surface area contributed by atoms with E-state index in [1.807, 2.05) is 24.3 Å². The van der Waals surface area contributed by atoms with Crippen LogP contribution < -0.4 is 14.4 Å². The highest BCUT2D eigenvalue weighted by atomic mass is 16.5. The summed E-state index contributed by atoms with van der Waals surface area (Å²) in [6.45, 7) is 0. The van der Waals surface area contributed by atoms with Crippen molar-refractivity contribution in [1.82, 2.24) is 0 Å². The Kier molecular flexibility index (Phi) is 6.71. The van der Waals surface area contributed by atoms with Crippen LogP contribution in [0.15, 0.2) is 127 Å². The van der Waals surface area contributed by atoms with Crippen LogP contribution >= 0.6 is 0 Å². The summed E-state index contributed by atoms with van der Waals surface area (Å²) in [5, 5.41) is 5.07. The molecule has 0 saturated heterocycles. The molecule has 0 amide bonds. The standard InChI is InChI=1S/C36H29NO2/c1-38-32-21-17-30(18-22-32)37(31-19-23-33(39-2)24-20-31)29-15-12-26(13-16-29)11-14-28-25-27-7-3-4-8-34(27)36-10-6-5-9-35(28)36/h3-25H,1-2H3/b14-11+. The fraction of sp³-hybridized carbons (Fsp3) is 0.0556. The number of nitrogens with zero attached hydrogens (tertiary/aromatic N) is 1. The van der Waals surface area contributed by atoms with E-state index in [0.29, 0.717) is 0 Å². The lowest BCUT2D eigenvalue weighted by Gasteiger charge is -2.26. The van der Waals surface area contributed by atoms with Gasteiger partial charge in [0.2, 0.25) is 0 Å². The van der Waals surface area contributed by atoms with Gasteiger partial charge in [0.1, 0.15) is 11.5 Å². The van der Waals surface area contributed by atoms with Gasteiger partial charge in [-0.25, -0.2) is 0 Å². The minimum Gasteiger partial charge on any atom is -0.497 e. The smallest absolute Gasteiger partial charge is 0.119 e. The van der Waals surface area contributed by atoms with E-state index in [4.69, 9.17) is 9.47 Å². The van der Waals surface area contributed by atoms with E-state index in [1.165, 1.54) is 27.1 Å². The van der Waals surface area contributed by atoms with Gasteiger partial charge in [-0.15, -0.1) is 0 Å². The third kappa shape index (κ3) is 4.95. The third-order valence-corrected chi connectivity index (χ3v) is 7.07. The Morgan fingerprint density at radius 3 is 1.54 bits per heavy atom. The first kappa shape index (κ1) is 24.3. The normalized spacial score (nSPS) is 11.2. The Labute approximate surface area is 229 Å². The number of ether oxygens (including phenoxy) is 2. The molecule has 6 aromatic carbocycles. The van der Waals surface area contributed by atoms with Crippen LogP contribution in [-0.4, -0.2) is 14.2 Å². The van der Waals surface area contributed by atoms with E-state index < -0.39 is 0 Å². The second-order valence-electron chi connectivity index (χ2n) is 9.39. The van der Waals surface area contributed by atoms with Gasteiger partial charge in [0.05, 0.1) is 14.2 Å². The first-order valence-corrected chi connectivity index (χ1v) is 13.0. The van der Waals surface area contributed by atoms with E-state index in [2.05, 4.69) is 120 Å². The minimum atomic E-state index is 0.829. The summed E-state index contributed by atoms with van der Waals surface area (Å²) in [4.78, 5) is 2.23. The molecule has 0 spiro atoms. The third-order valence-electron chi connectivity index (χ3n) is 7.07. The number of hydrogen-bond donors (Lipinski definition) is 0. The number of methoxy groups -OCH3 is 2. The SMILES string of the molecule is COc1ccc(N(c2ccc(/C=C/c3cc4ccccc4c4ccccc34)cc2)c2ccc(OC)cc2)cc1. The molecule has 0 aromatic heterocycles. The lowest BCUT2D eigenvalue weighted by molar-refractivity contribution is 0.415. The summed E-state index contributed by atoms with van der Waals surface area (Å²) < 4.78 is 10.8. The first-order valence-electron chi connectivity index (χ1n) is 13.0. The molecular formula is C36H29NO2. The van der Waals surface area contributed by atoms with Crippen LogP contribution in [0.1, 0.15) is 11.1 Å². The van der Waals surface area contributed by atoms with Crippen molar-refractivity contribution in [3.8, 4) is 11.5 Å². The maximum Gasteiger partial charge on any atom is 0.119 e. The lowest BCUT2D eigenvalue weighted by Crippen LogP contribution is -2.09. The monoisotopic (exact) mass is 507 g/mol. The summed E-state index contributed by atoms with van der Waals surface area (Å²) in [5.41, 5.74) is 5.52. The summed E-state index contributed by atoms with van der Waals surface area (Å²) in [5.74, 6) is 1.66. The summed E-state index contributed by atoms with van der Waals surface area (Å²) in [6.07, 6.45) is 4.40. The number of anilines is 3. The molecule has 3 nitrogen and oxygen atoms in total. The molecule has 3 heteroatoms. The second-order valence-corrected chi connectivity index (χ2v) is 9.39. The van der Waals surface area contributed by atoms with Gasteiger partial charge in [-0.05, 0) is 99.4 Å². The Morgan fingerprint density at radius 2 is 0.974 bits per heavy atom. The highest BCUT2D eigenvalue weighted by molar-refractivity contribution is 6.11. The van der Waals surface area contributed by atoms with Gasteiger partial charge in [0.25, 0.3) is 0 Å². The molecule has 0 atom stereocenters. The molecule has 0 aliphatic rings. The average molecular weight is 508 g/mol. The zero-order valence-electron chi connectivity index (χ0n) is 22.0. The molecule has 0 unspecified atom stereocenters. The van der Waals surface area contributed by atoms with Crippen molar-refractivity contribution in [2.24, 2.45) is 0 Å². The van der Waals surface area contributed by atoms with Crippen molar-refractivity contribution in [3.63, 3.8) is 0 Å². The van der Waals surface area contributed by atoms with E-state index in [1.54, 1.807) is 14.2 Å². The Morgan fingerprint density at radius 1 is 0.487 bits per heavy atom. The molecule has 0 saturated carbocycles. The fourth-order valence-electron chi connectivity index (χ4n) is 5.05. The predicted octanol–water partition coefficient (Wildman–Crippen LogP) is 9.65. The maximum absolute atomic E-state index is 5.38. The van der Waals surface area contributed by atoms with E-state index in [9.17, 15) is 0 Å². The Balaban J connectivity index is 1.35. The molecule has 0 bridgehead atoms. The van der Waals surface area contributed by atoms with Crippen LogP contribution in [0.3, 0.4) is 0 Å². The maximum atomic E-state index is 5.38. The van der Waals surface area contributed by atoms with Gasteiger partial charge in [-0.2, -0.15) is 0 Å². The van der Waals surface area contributed by atoms with Crippen molar-refractivity contribution in [3.05, 3.63) is 139 Å². The number of hydrogen-bond acceptors (Lipinski definition) is 3. The largest absolute Gasteiger partial charge is 0.497 e. The molecule has 0 aliphatic carbocycles. The predicted molar refractivity (Wildman–Crippen MR) is 165 cm³/mol. The molecule has 6 rings (SSSR count). The van der Waals surface area contributed by atoms with Crippen molar-refractivity contribution in [1.29, 1.82) is 0 Å². The summed E-state index contributed by atoms with van der Waals surface area (Å²) in [7, 11) is 3.37.